The summed E-state index contributed by atoms with van der Waals surface area (Å²) in [7, 11) is 0. The molecule has 0 bridgehead atoms. The normalized spacial score (nSPS) is 22.8. The van der Waals surface area contributed by atoms with E-state index in [1.165, 1.54) is 19.3 Å². The molecule has 0 unspecified atom stereocenters. The molecule has 2 heterocycles. The number of pyridine rings is 1. The van der Waals surface area contributed by atoms with Crippen LogP contribution in [-0.2, 0) is 11.3 Å². The summed E-state index contributed by atoms with van der Waals surface area (Å²) in [6, 6.07) is 3.56. The number of nitrogens with zero attached hydrogens (tertiary/aromatic N) is 2. The third kappa shape index (κ3) is 3.38. The Morgan fingerprint density at radius 3 is 2.86 bits per heavy atom. The summed E-state index contributed by atoms with van der Waals surface area (Å²) in [5.74, 6) is 0.652. The van der Waals surface area contributed by atoms with E-state index in [4.69, 9.17) is 17.0 Å². The van der Waals surface area contributed by atoms with Crippen LogP contribution in [0.3, 0.4) is 0 Å². The van der Waals surface area contributed by atoms with E-state index >= 15 is 0 Å². The average Bonchev–Trinajstić information content (AvgIpc) is 2.75. The zero-order valence-corrected chi connectivity index (χ0v) is 13.6. The van der Waals surface area contributed by atoms with Gasteiger partial charge in [0.2, 0.25) is 5.88 Å². The first kappa shape index (κ1) is 15.2. The molecule has 2 fully saturated rings. The molecule has 1 N–H and O–H groups in total. The standard InChI is InChI=1S/C16H21N3O2S/c1-11-15(20)19(16(22)18-11)10-12-7-8-17-14(9-12)21-13-5-3-2-4-6-13/h7-9,11,13H,2-6,10H2,1H3,(H,18,22)/t11-/m1/s1. The second-order valence-electron chi connectivity index (χ2n) is 5.98. The molecule has 6 heteroatoms. The van der Waals surface area contributed by atoms with Gasteiger partial charge in [-0.3, -0.25) is 9.69 Å². The van der Waals surface area contributed by atoms with Crippen LogP contribution in [0, 0.1) is 0 Å². The summed E-state index contributed by atoms with van der Waals surface area (Å²) in [5.41, 5.74) is 0.979. The molecule has 1 saturated carbocycles. The Kier molecular flexibility index (Phi) is 4.57. The van der Waals surface area contributed by atoms with Gasteiger partial charge in [-0.05, 0) is 56.5 Å². The molecule has 0 aromatic carbocycles. The monoisotopic (exact) mass is 319 g/mol. The first-order valence-corrected chi connectivity index (χ1v) is 8.28. The molecule has 1 aliphatic carbocycles. The topological polar surface area (TPSA) is 54.5 Å². The average molecular weight is 319 g/mol. The number of nitrogens with one attached hydrogen (secondary N) is 1. The summed E-state index contributed by atoms with van der Waals surface area (Å²) in [4.78, 5) is 17.9. The number of carbonyl (C=O) groups is 1. The van der Waals surface area contributed by atoms with Gasteiger partial charge in [0, 0.05) is 12.3 Å². The quantitative estimate of drug-likeness (QED) is 0.864. The van der Waals surface area contributed by atoms with E-state index in [1.54, 1.807) is 11.1 Å². The number of carbonyl (C=O) groups excluding carboxylic acids is 1. The van der Waals surface area contributed by atoms with Crippen LogP contribution in [0.2, 0.25) is 0 Å². The summed E-state index contributed by atoms with van der Waals surface area (Å²) in [5, 5.41) is 3.47. The second kappa shape index (κ2) is 6.60. The number of amides is 1. The maximum Gasteiger partial charge on any atom is 0.251 e. The van der Waals surface area contributed by atoms with Crippen LogP contribution in [0.25, 0.3) is 0 Å². The molecule has 1 saturated heterocycles. The number of thiocarbonyl (C=S) groups is 1. The van der Waals surface area contributed by atoms with Gasteiger partial charge in [0.05, 0.1) is 6.54 Å². The minimum Gasteiger partial charge on any atom is -0.474 e. The maximum absolute atomic E-state index is 12.1. The van der Waals surface area contributed by atoms with Crippen molar-refractivity contribution < 1.29 is 9.53 Å². The summed E-state index contributed by atoms with van der Waals surface area (Å²) in [6.45, 7) is 2.28. The van der Waals surface area contributed by atoms with E-state index in [1.807, 2.05) is 19.1 Å². The fourth-order valence-electron chi connectivity index (χ4n) is 2.96. The Balaban J connectivity index is 1.66. The lowest BCUT2D eigenvalue weighted by Gasteiger charge is -2.22. The molecule has 1 aliphatic heterocycles. The fourth-order valence-corrected chi connectivity index (χ4v) is 3.29. The Hall–Kier alpha value is -1.69. The predicted octanol–water partition coefficient (Wildman–Crippen LogP) is 2.40. The minimum atomic E-state index is -0.243. The Bertz CT molecular complexity index is 572. The van der Waals surface area contributed by atoms with Crippen molar-refractivity contribution in [2.45, 2.75) is 57.7 Å². The Morgan fingerprint density at radius 1 is 1.41 bits per heavy atom. The van der Waals surface area contributed by atoms with Crippen LogP contribution in [0.15, 0.2) is 18.3 Å². The van der Waals surface area contributed by atoms with Gasteiger partial charge >= 0.3 is 0 Å². The highest BCUT2D eigenvalue weighted by atomic mass is 32.1. The molecule has 1 aromatic heterocycles. The Morgan fingerprint density at radius 2 is 2.18 bits per heavy atom. The van der Waals surface area contributed by atoms with Gasteiger partial charge in [0.25, 0.3) is 5.91 Å². The molecule has 0 spiro atoms. The van der Waals surface area contributed by atoms with E-state index in [2.05, 4.69) is 10.3 Å². The van der Waals surface area contributed by atoms with Gasteiger partial charge in [0.15, 0.2) is 5.11 Å². The SMILES string of the molecule is C[C@H]1NC(=S)N(Cc2ccnc(OC3CCCCC3)c2)C1=O. The van der Waals surface area contributed by atoms with Crippen LogP contribution in [-0.4, -0.2) is 33.0 Å². The fraction of sp³-hybridized carbons (Fsp3) is 0.562. The van der Waals surface area contributed by atoms with Gasteiger partial charge in [-0.15, -0.1) is 0 Å². The van der Waals surface area contributed by atoms with Crippen molar-refractivity contribution in [3.63, 3.8) is 0 Å². The molecule has 5 nitrogen and oxygen atoms in total. The molecule has 1 atom stereocenters. The third-order valence-corrected chi connectivity index (χ3v) is 4.54. The first-order valence-electron chi connectivity index (χ1n) is 7.87. The highest BCUT2D eigenvalue weighted by Crippen LogP contribution is 2.23. The van der Waals surface area contributed by atoms with Gasteiger partial charge < -0.3 is 10.1 Å². The second-order valence-corrected chi connectivity index (χ2v) is 6.36. The van der Waals surface area contributed by atoms with Crippen molar-refractivity contribution in [3.8, 4) is 5.88 Å². The highest BCUT2D eigenvalue weighted by Gasteiger charge is 2.32. The van der Waals surface area contributed by atoms with Crippen molar-refractivity contribution in [1.29, 1.82) is 0 Å². The number of hydrogen-bond acceptors (Lipinski definition) is 4. The lowest BCUT2D eigenvalue weighted by Crippen LogP contribution is -2.30. The largest absolute Gasteiger partial charge is 0.474 e. The summed E-state index contributed by atoms with van der Waals surface area (Å²) >= 11 is 5.20. The third-order valence-electron chi connectivity index (χ3n) is 4.20. The zero-order chi connectivity index (χ0) is 15.5. The summed E-state index contributed by atoms with van der Waals surface area (Å²) in [6.07, 6.45) is 7.95. The van der Waals surface area contributed by atoms with Gasteiger partial charge in [-0.25, -0.2) is 4.98 Å². The maximum atomic E-state index is 12.1. The molecule has 118 valence electrons. The molecule has 22 heavy (non-hydrogen) atoms. The van der Waals surface area contributed by atoms with E-state index in [0.717, 1.165) is 18.4 Å². The van der Waals surface area contributed by atoms with E-state index in [9.17, 15) is 4.79 Å². The number of ether oxygens (including phenoxy) is 1. The molecule has 2 aliphatic rings. The van der Waals surface area contributed by atoms with Gasteiger partial charge in [0.1, 0.15) is 12.1 Å². The van der Waals surface area contributed by atoms with Gasteiger partial charge in [-0.1, -0.05) is 6.42 Å². The van der Waals surface area contributed by atoms with E-state index in [-0.39, 0.29) is 18.1 Å². The zero-order valence-electron chi connectivity index (χ0n) is 12.7. The lowest BCUT2D eigenvalue weighted by molar-refractivity contribution is -0.127. The number of aromatic nitrogens is 1. The minimum absolute atomic E-state index is 0.0107. The molecular formula is C16H21N3O2S. The molecule has 0 radical (unpaired) electrons. The molecule has 1 amide bonds. The van der Waals surface area contributed by atoms with Crippen LogP contribution in [0.4, 0.5) is 0 Å². The van der Waals surface area contributed by atoms with Crippen molar-refractivity contribution in [3.05, 3.63) is 23.9 Å². The Labute approximate surface area is 136 Å². The molecule has 1 aromatic rings. The van der Waals surface area contributed by atoms with Crippen LogP contribution in [0.5, 0.6) is 5.88 Å². The highest BCUT2D eigenvalue weighted by molar-refractivity contribution is 7.80. The van der Waals surface area contributed by atoms with Crippen molar-refractivity contribution >= 4 is 23.2 Å². The molecular weight excluding hydrogens is 298 g/mol. The first-order chi connectivity index (χ1) is 10.6. The van der Waals surface area contributed by atoms with Crippen LogP contribution in [0.1, 0.15) is 44.6 Å². The van der Waals surface area contributed by atoms with E-state index < -0.39 is 0 Å². The number of hydrogen-bond donors (Lipinski definition) is 1. The smallest absolute Gasteiger partial charge is 0.251 e. The van der Waals surface area contributed by atoms with E-state index in [0.29, 0.717) is 17.5 Å². The predicted molar refractivity (Wildman–Crippen MR) is 87.5 cm³/mol. The number of rotatable bonds is 4. The molecule has 3 rings (SSSR count). The van der Waals surface area contributed by atoms with Crippen LogP contribution >= 0.6 is 12.2 Å². The van der Waals surface area contributed by atoms with Crippen molar-refractivity contribution in [2.75, 3.05) is 0 Å². The van der Waals surface area contributed by atoms with Gasteiger partial charge in [-0.2, -0.15) is 0 Å². The lowest BCUT2D eigenvalue weighted by atomic mass is 9.98. The van der Waals surface area contributed by atoms with Crippen LogP contribution < -0.4 is 10.1 Å². The van der Waals surface area contributed by atoms with Crippen molar-refractivity contribution in [2.24, 2.45) is 0 Å². The van der Waals surface area contributed by atoms with Crippen molar-refractivity contribution in [1.82, 2.24) is 15.2 Å². The summed E-state index contributed by atoms with van der Waals surface area (Å²) < 4.78 is 5.97.